The fourth-order valence-electron chi connectivity index (χ4n) is 2.42. The molecule has 0 atom stereocenters. The summed E-state index contributed by atoms with van der Waals surface area (Å²) in [6.07, 6.45) is 2.54. The minimum Gasteiger partial charge on any atom is -0.437 e. The van der Waals surface area contributed by atoms with E-state index in [1.54, 1.807) is 6.33 Å². The summed E-state index contributed by atoms with van der Waals surface area (Å²) in [5.74, 6) is 0. The largest absolute Gasteiger partial charge is 0.437 e. The Bertz CT molecular complexity index is 454. The highest BCUT2D eigenvalue weighted by Gasteiger charge is 2.39. The van der Waals surface area contributed by atoms with Gasteiger partial charge in [0.15, 0.2) is 16.6 Å². The van der Waals surface area contributed by atoms with Gasteiger partial charge in [-0.25, -0.2) is 9.97 Å². The van der Waals surface area contributed by atoms with Gasteiger partial charge in [-0.15, -0.1) is 0 Å². The van der Waals surface area contributed by atoms with Crippen LogP contribution in [0.25, 0.3) is 0 Å². The van der Waals surface area contributed by atoms with E-state index in [2.05, 4.69) is 61.9 Å². The molecule has 0 fully saturated rings. The highest BCUT2D eigenvalue weighted by atomic mass is 28.5. The van der Waals surface area contributed by atoms with Crippen LogP contribution in [0.15, 0.2) is 12.4 Å². The van der Waals surface area contributed by atoms with Crippen LogP contribution in [0.2, 0.25) is 51.9 Å². The van der Waals surface area contributed by atoms with E-state index < -0.39 is 25.2 Å². The number of hydrogen-bond donors (Lipinski definition) is 0. The molecular weight excluding hydrogens is 312 g/mol. The smallest absolute Gasteiger partial charge is 0.314 e. The number of rotatable bonds is 7. The van der Waals surface area contributed by atoms with Crippen molar-refractivity contribution in [2.24, 2.45) is 0 Å². The summed E-state index contributed by atoms with van der Waals surface area (Å²) in [6.45, 7) is 17.6. The fourth-order valence-corrected chi connectivity index (χ4v) is 14.9. The van der Waals surface area contributed by atoms with Crippen LogP contribution in [0.5, 0.6) is 0 Å². The van der Waals surface area contributed by atoms with Crippen molar-refractivity contribution in [1.82, 2.24) is 9.97 Å². The van der Waals surface area contributed by atoms with Crippen LogP contribution in [0.3, 0.4) is 0 Å². The van der Waals surface area contributed by atoms with Crippen molar-refractivity contribution in [1.29, 1.82) is 0 Å². The zero-order chi connectivity index (χ0) is 16.3. The van der Waals surface area contributed by atoms with Gasteiger partial charge in [0, 0.05) is 11.4 Å². The minimum absolute atomic E-state index is 0.904. The number of hydrogen-bond acceptors (Lipinski definition) is 4. The fraction of sp³-hybridized carbons (Fsp3) is 0.714. The highest BCUT2D eigenvalue weighted by Crippen LogP contribution is 2.25. The first-order valence-corrected chi connectivity index (χ1v) is 16.9. The molecular formula is C14H30N2O2Si3. The molecule has 1 rings (SSSR count). The Morgan fingerprint density at radius 3 is 1.86 bits per heavy atom. The average Bonchev–Trinajstić information content (AvgIpc) is 2.21. The third-order valence-corrected chi connectivity index (χ3v) is 12.3. The molecule has 0 saturated carbocycles. The maximum atomic E-state index is 6.50. The van der Waals surface area contributed by atoms with E-state index in [0.717, 1.165) is 23.9 Å². The van der Waals surface area contributed by atoms with Gasteiger partial charge in [0.25, 0.3) is 0 Å². The first kappa shape index (κ1) is 18.7. The molecule has 0 aromatic carbocycles. The lowest BCUT2D eigenvalue weighted by Gasteiger charge is -2.38. The van der Waals surface area contributed by atoms with E-state index >= 15 is 0 Å². The van der Waals surface area contributed by atoms with E-state index in [1.807, 2.05) is 6.92 Å². The van der Waals surface area contributed by atoms with Crippen LogP contribution >= 0.6 is 0 Å². The molecule has 0 aliphatic rings. The van der Waals surface area contributed by atoms with Gasteiger partial charge in [-0.05, 0) is 71.3 Å². The summed E-state index contributed by atoms with van der Waals surface area (Å²) in [6, 6.07) is 3.01. The Morgan fingerprint density at radius 2 is 1.43 bits per heavy atom. The molecule has 7 heteroatoms. The molecule has 0 amide bonds. The summed E-state index contributed by atoms with van der Waals surface area (Å²) >= 11 is 0. The zero-order valence-corrected chi connectivity index (χ0v) is 17.8. The van der Waals surface area contributed by atoms with Crippen LogP contribution < -0.4 is 0 Å². The predicted molar refractivity (Wildman–Crippen MR) is 95.8 cm³/mol. The second kappa shape index (κ2) is 6.82. The average molecular weight is 343 g/mol. The van der Waals surface area contributed by atoms with Crippen molar-refractivity contribution in [3.8, 4) is 0 Å². The lowest BCUT2D eigenvalue weighted by molar-refractivity contribution is 0.383. The molecule has 0 bridgehead atoms. The number of aryl methyl sites for hydroxylation is 2. The topological polar surface area (TPSA) is 44.2 Å². The molecule has 1 heterocycles. The maximum absolute atomic E-state index is 6.50. The summed E-state index contributed by atoms with van der Waals surface area (Å²) in [5, 5.41) is 0. The second-order valence-corrected chi connectivity index (χ2v) is 20.6. The zero-order valence-electron chi connectivity index (χ0n) is 14.8. The third kappa shape index (κ3) is 8.01. The first-order valence-electron chi connectivity index (χ1n) is 7.56. The normalized spacial score (nSPS) is 13.5. The van der Waals surface area contributed by atoms with E-state index in [1.165, 1.54) is 0 Å². The van der Waals surface area contributed by atoms with Gasteiger partial charge in [0.1, 0.15) is 6.33 Å². The monoisotopic (exact) mass is 342 g/mol. The van der Waals surface area contributed by atoms with Crippen molar-refractivity contribution < 1.29 is 8.23 Å². The predicted octanol–water partition coefficient (Wildman–Crippen LogP) is 4.10. The number of aromatic nitrogens is 2. The standard InChI is InChI=1S/C14H30N2O2Si3/c1-13-11-14(16-12-15-13)9-10-21(8,17-19(2,3)4)18-20(5,6)7/h11-12H,9-10H2,1-8H3. The molecule has 0 aliphatic heterocycles. The van der Waals surface area contributed by atoms with Crippen LogP contribution in [0.4, 0.5) is 0 Å². The lowest BCUT2D eigenvalue weighted by atomic mass is 10.3. The van der Waals surface area contributed by atoms with Crippen molar-refractivity contribution in [2.75, 3.05) is 0 Å². The van der Waals surface area contributed by atoms with Gasteiger partial charge in [-0.2, -0.15) is 0 Å². The van der Waals surface area contributed by atoms with Gasteiger partial charge < -0.3 is 8.23 Å². The molecule has 1 aromatic rings. The van der Waals surface area contributed by atoms with Gasteiger partial charge in [-0.3, -0.25) is 0 Å². The molecule has 0 radical (unpaired) electrons. The van der Waals surface area contributed by atoms with Crippen LogP contribution in [-0.4, -0.2) is 35.2 Å². The number of nitrogens with zero attached hydrogens (tertiary/aromatic N) is 2. The summed E-state index contributed by atoms with van der Waals surface area (Å²) in [7, 11) is -5.39. The van der Waals surface area contributed by atoms with E-state index in [4.69, 9.17) is 8.23 Å². The Labute approximate surface area is 132 Å². The summed E-state index contributed by atoms with van der Waals surface area (Å²) in [4.78, 5) is 8.51. The van der Waals surface area contributed by atoms with Crippen LogP contribution in [0, 0.1) is 6.92 Å². The second-order valence-electron chi connectivity index (χ2n) is 7.71. The summed E-state index contributed by atoms with van der Waals surface area (Å²) in [5.41, 5.74) is 2.10. The van der Waals surface area contributed by atoms with E-state index in [0.29, 0.717) is 0 Å². The molecule has 0 N–H and O–H groups in total. The molecule has 1 aromatic heterocycles. The highest BCUT2D eigenvalue weighted by molar-refractivity contribution is 6.87. The molecule has 0 aliphatic carbocycles. The Morgan fingerprint density at radius 1 is 0.905 bits per heavy atom. The Hall–Kier alpha value is -0.349. The van der Waals surface area contributed by atoms with Gasteiger partial charge >= 0.3 is 8.56 Å². The van der Waals surface area contributed by atoms with Crippen molar-refractivity contribution >= 4 is 25.2 Å². The Kier molecular flexibility index (Phi) is 6.08. The molecule has 0 unspecified atom stereocenters. The lowest BCUT2D eigenvalue weighted by Crippen LogP contribution is -2.52. The molecule has 0 saturated heterocycles. The van der Waals surface area contributed by atoms with E-state index in [-0.39, 0.29) is 0 Å². The summed E-state index contributed by atoms with van der Waals surface area (Å²) < 4.78 is 13.0. The minimum atomic E-state index is -2.16. The molecule has 120 valence electrons. The quantitative estimate of drug-likeness (QED) is 0.700. The van der Waals surface area contributed by atoms with Crippen LogP contribution in [-0.2, 0) is 14.7 Å². The van der Waals surface area contributed by atoms with Gasteiger partial charge in [0.2, 0.25) is 0 Å². The van der Waals surface area contributed by atoms with Crippen molar-refractivity contribution in [3.63, 3.8) is 0 Å². The first-order chi connectivity index (χ1) is 9.39. The SMILES string of the molecule is Cc1cc(CC[Si](C)(O[Si](C)(C)C)O[Si](C)(C)C)ncn1. The van der Waals surface area contributed by atoms with Crippen molar-refractivity contribution in [3.05, 3.63) is 23.8 Å². The van der Waals surface area contributed by atoms with E-state index in [9.17, 15) is 0 Å². The molecule has 21 heavy (non-hydrogen) atoms. The molecule has 0 spiro atoms. The third-order valence-electron chi connectivity index (χ3n) is 2.74. The van der Waals surface area contributed by atoms with Crippen LogP contribution in [0.1, 0.15) is 11.4 Å². The van der Waals surface area contributed by atoms with Gasteiger partial charge in [0.05, 0.1) is 0 Å². The van der Waals surface area contributed by atoms with Crippen molar-refractivity contribution in [2.45, 2.75) is 65.2 Å². The Balaban J connectivity index is 2.82. The van der Waals surface area contributed by atoms with Gasteiger partial charge in [-0.1, -0.05) is 0 Å². The maximum Gasteiger partial charge on any atom is 0.314 e. The molecule has 4 nitrogen and oxygen atoms in total.